The van der Waals surface area contributed by atoms with Gasteiger partial charge in [-0.05, 0) is 14.0 Å². The molecule has 0 spiro atoms. The van der Waals surface area contributed by atoms with Gasteiger partial charge in [0.05, 0.1) is 0 Å². The molecule has 98 valence electrons. The Morgan fingerprint density at radius 3 is 1.65 bits per heavy atom. The molecule has 0 aromatic heterocycles. The Labute approximate surface area is 180 Å². The van der Waals surface area contributed by atoms with Crippen molar-refractivity contribution in [2.75, 3.05) is 0 Å². The summed E-state index contributed by atoms with van der Waals surface area (Å²) < 4.78 is 10.9. The van der Waals surface area contributed by atoms with Crippen LogP contribution >= 0.6 is 7.60 Å². The molecular formula is C7H8Na3O9P. The molecule has 0 amide bonds. The summed E-state index contributed by atoms with van der Waals surface area (Å²) in [5.41, 5.74) is 0. The van der Waals surface area contributed by atoms with Crippen LogP contribution in [0.2, 0.25) is 0 Å². The van der Waals surface area contributed by atoms with Gasteiger partial charge in [0.2, 0.25) is 0 Å². The Kier molecular flexibility index (Phi) is 17.8. The zero-order chi connectivity index (χ0) is 13.9. The molecule has 0 saturated carbocycles. The second kappa shape index (κ2) is 12.0. The molecule has 0 heterocycles. The average molecular weight is 336 g/mol. The predicted molar refractivity (Wildman–Crippen MR) is 44.5 cm³/mol. The van der Waals surface area contributed by atoms with E-state index < -0.39 is 49.9 Å². The van der Waals surface area contributed by atoms with Crippen molar-refractivity contribution in [1.29, 1.82) is 0 Å². The molecule has 2 N–H and O–H groups in total. The number of carboxylic acid groups (broad SMARTS) is 3. The first-order valence-electron chi connectivity index (χ1n) is 4.20. The minimum absolute atomic E-state index is 0. The molecule has 0 aliphatic rings. The maximum absolute atomic E-state index is 10.9. The van der Waals surface area contributed by atoms with E-state index in [1.165, 1.54) is 0 Å². The number of hydrogen-bond acceptors (Lipinski definition) is 7. The summed E-state index contributed by atoms with van der Waals surface area (Å²) >= 11 is 0. The van der Waals surface area contributed by atoms with Gasteiger partial charge in [-0.1, -0.05) is 0 Å². The van der Waals surface area contributed by atoms with Gasteiger partial charge in [-0.15, -0.1) is 0 Å². The van der Waals surface area contributed by atoms with Gasteiger partial charge < -0.3 is 34.5 Å². The third kappa shape index (κ3) is 8.87. The normalized spacial score (nSPS) is 12.7. The Balaban J connectivity index is -0.000000427. The van der Waals surface area contributed by atoms with E-state index in [-0.39, 0.29) is 88.7 Å². The average Bonchev–Trinajstić information content (AvgIpc) is 2.08. The topological polar surface area (TPSA) is 178 Å². The summed E-state index contributed by atoms with van der Waals surface area (Å²) in [6, 6.07) is 0. The minimum Gasteiger partial charge on any atom is -0.810 e. The van der Waals surface area contributed by atoms with E-state index in [1.807, 2.05) is 0 Å². The van der Waals surface area contributed by atoms with Gasteiger partial charge in [0, 0.05) is 18.8 Å². The second-order valence-corrected chi connectivity index (χ2v) is 5.13. The zero-order valence-electron chi connectivity index (χ0n) is 11.3. The van der Waals surface area contributed by atoms with Gasteiger partial charge >= 0.3 is 101 Å². The van der Waals surface area contributed by atoms with Crippen LogP contribution in [-0.4, -0.2) is 33.3 Å². The van der Waals surface area contributed by atoms with Crippen LogP contribution in [0.4, 0.5) is 0 Å². The van der Waals surface area contributed by atoms with Crippen molar-refractivity contribution in [3.63, 3.8) is 0 Å². The third-order valence-corrected chi connectivity index (χ3v) is 3.73. The van der Waals surface area contributed by atoms with Gasteiger partial charge in [-0.25, -0.2) is 0 Å². The molecule has 1 atom stereocenters. The third-order valence-electron chi connectivity index (χ3n) is 2.11. The van der Waals surface area contributed by atoms with Crippen molar-refractivity contribution in [2.24, 2.45) is 0 Å². The number of carbonyl (C=O) groups is 3. The van der Waals surface area contributed by atoms with Gasteiger partial charge in [0.1, 0.15) is 5.16 Å². The molecule has 0 aromatic rings. The molecule has 20 heavy (non-hydrogen) atoms. The summed E-state index contributed by atoms with van der Waals surface area (Å²) in [7, 11) is -5.86. The van der Waals surface area contributed by atoms with E-state index >= 15 is 0 Å². The molecule has 0 saturated heterocycles. The largest absolute Gasteiger partial charge is 1.00 e. The molecule has 0 radical (unpaired) electrons. The summed E-state index contributed by atoms with van der Waals surface area (Å²) in [6.45, 7) is 0. The fourth-order valence-corrected chi connectivity index (χ4v) is 2.12. The van der Waals surface area contributed by atoms with Crippen molar-refractivity contribution >= 4 is 25.5 Å². The number of aliphatic carboxylic acids is 3. The fraction of sp³-hybridized carbons (Fsp3) is 0.571. The second-order valence-electron chi connectivity index (χ2n) is 3.28. The summed E-state index contributed by atoms with van der Waals surface area (Å²) in [4.78, 5) is 53.0. The van der Waals surface area contributed by atoms with Crippen LogP contribution in [-0.2, 0) is 18.9 Å². The Morgan fingerprint density at radius 2 is 1.45 bits per heavy atom. The standard InChI is InChI=1S/C7H11O9P.3Na/c8-4(9)1-2-7(6(12)13,3-5(10)11)17(14,15)16;;;/h1-3H2,(H,8,9)(H,10,11)(H,12,13)(H2,14,15,16);;;/q;3*+1/p-3. The van der Waals surface area contributed by atoms with Gasteiger partial charge in [-0.3, -0.25) is 9.59 Å². The van der Waals surface area contributed by atoms with E-state index in [4.69, 9.17) is 10.2 Å². The first-order chi connectivity index (χ1) is 7.53. The quantitative estimate of drug-likeness (QED) is 0.337. The molecule has 0 aliphatic carbocycles. The molecule has 0 aliphatic heterocycles. The fourth-order valence-electron chi connectivity index (χ4n) is 1.17. The first-order valence-corrected chi connectivity index (χ1v) is 5.74. The van der Waals surface area contributed by atoms with E-state index in [1.54, 1.807) is 0 Å². The van der Waals surface area contributed by atoms with Gasteiger partial charge in [0.15, 0.2) is 0 Å². The van der Waals surface area contributed by atoms with E-state index in [0.29, 0.717) is 0 Å². The van der Waals surface area contributed by atoms with Crippen molar-refractivity contribution in [1.82, 2.24) is 0 Å². The van der Waals surface area contributed by atoms with Crippen LogP contribution in [0.15, 0.2) is 0 Å². The smallest absolute Gasteiger partial charge is 0.810 e. The number of carboxylic acids is 3. The molecule has 0 rings (SSSR count). The van der Waals surface area contributed by atoms with Gasteiger partial charge in [0.25, 0.3) is 0 Å². The molecule has 9 nitrogen and oxygen atoms in total. The number of hydrogen-bond donors (Lipinski definition) is 2. The summed E-state index contributed by atoms with van der Waals surface area (Å²) in [5, 5.41) is 24.1. The molecular weight excluding hydrogens is 328 g/mol. The van der Waals surface area contributed by atoms with E-state index in [0.717, 1.165) is 0 Å². The zero-order valence-corrected chi connectivity index (χ0v) is 18.2. The molecule has 13 heteroatoms. The predicted octanol–water partition coefficient (Wildman–Crippen LogP) is -12.3. The maximum atomic E-state index is 10.9. The van der Waals surface area contributed by atoms with Crippen LogP contribution in [0.5, 0.6) is 0 Å². The molecule has 1 unspecified atom stereocenters. The van der Waals surface area contributed by atoms with E-state index in [2.05, 4.69) is 0 Å². The minimum atomic E-state index is -5.86. The number of carbonyl (C=O) groups excluding carboxylic acids is 1. The Bertz CT molecular complexity index is 395. The van der Waals surface area contributed by atoms with Crippen molar-refractivity contribution < 1.29 is 133 Å². The summed E-state index contributed by atoms with van der Waals surface area (Å²) in [6.07, 6.45) is -3.68. The van der Waals surface area contributed by atoms with E-state index in [9.17, 15) is 33.8 Å². The van der Waals surface area contributed by atoms with Crippen LogP contribution in [0.3, 0.4) is 0 Å². The molecule has 0 aromatic carbocycles. The Hall–Kier alpha value is 1.56. The summed E-state index contributed by atoms with van der Waals surface area (Å²) in [5.74, 6) is -5.82. The van der Waals surface area contributed by atoms with Gasteiger partial charge in [-0.2, -0.15) is 0 Å². The first kappa shape index (κ1) is 29.6. The van der Waals surface area contributed by atoms with Crippen LogP contribution in [0, 0.1) is 0 Å². The van der Waals surface area contributed by atoms with Crippen molar-refractivity contribution in [3.8, 4) is 0 Å². The van der Waals surface area contributed by atoms with Crippen molar-refractivity contribution in [2.45, 2.75) is 24.4 Å². The van der Waals surface area contributed by atoms with Crippen LogP contribution in [0.1, 0.15) is 19.3 Å². The molecule has 0 fully saturated rings. The SMILES string of the molecule is O=C([O-])CC(CCC(=O)O)(C(=O)O)P(=O)([O-])[O-].[Na+].[Na+].[Na+]. The van der Waals surface area contributed by atoms with Crippen LogP contribution < -0.4 is 104 Å². The number of rotatable bonds is 7. The van der Waals surface area contributed by atoms with Crippen LogP contribution in [0.25, 0.3) is 0 Å². The van der Waals surface area contributed by atoms with Crippen molar-refractivity contribution in [3.05, 3.63) is 0 Å². The Morgan fingerprint density at radius 1 is 1.05 bits per heavy atom. The monoisotopic (exact) mass is 336 g/mol. The maximum Gasteiger partial charge on any atom is 1.00 e. The molecule has 0 bridgehead atoms.